The molecule has 0 aliphatic carbocycles. The molecule has 0 spiro atoms. The van der Waals surface area contributed by atoms with E-state index in [4.69, 9.17) is 5.53 Å². The zero-order valence-corrected chi connectivity index (χ0v) is 8.02. The predicted octanol–water partition coefficient (Wildman–Crippen LogP) is 2.05. The molecule has 0 radical (unpaired) electrons. The minimum Gasteiger partial charge on any atom is -0.358 e. The number of hydrogen-bond acceptors (Lipinski definition) is 4. The van der Waals surface area contributed by atoms with Gasteiger partial charge in [0.2, 0.25) is 5.65 Å². The van der Waals surface area contributed by atoms with Gasteiger partial charge in [-0.2, -0.15) is 4.40 Å². The molecule has 0 saturated heterocycles. The highest BCUT2D eigenvalue weighted by atomic mass is 16.6. The molecule has 2 rings (SSSR count). The van der Waals surface area contributed by atoms with Gasteiger partial charge in [0, 0.05) is 11.0 Å². The monoisotopic (exact) mass is 218 g/mol. The molecule has 2 heterocycles. The average Bonchev–Trinajstić information content (AvgIpc) is 2.64. The Bertz CT molecular complexity index is 598. The summed E-state index contributed by atoms with van der Waals surface area (Å²) < 4.78 is 1.35. The van der Waals surface area contributed by atoms with Gasteiger partial charge in [0.25, 0.3) is 0 Å². The summed E-state index contributed by atoms with van der Waals surface area (Å²) in [7, 11) is 0. The maximum atomic E-state index is 10.9. The molecule has 8 heteroatoms. The molecule has 0 aromatic carbocycles. The van der Waals surface area contributed by atoms with Crippen molar-refractivity contribution < 1.29 is 4.92 Å². The lowest BCUT2D eigenvalue weighted by Crippen LogP contribution is -1.96. The first kappa shape index (κ1) is 9.94. The Hall–Kier alpha value is -2.60. The molecule has 16 heavy (non-hydrogen) atoms. The molecule has 0 atom stereocenters. The Labute approximate surface area is 88.9 Å². The number of nitrogens with zero attached hydrogens (tertiary/aromatic N) is 6. The van der Waals surface area contributed by atoms with Gasteiger partial charge >= 0.3 is 5.82 Å². The van der Waals surface area contributed by atoms with Crippen LogP contribution in [0.5, 0.6) is 0 Å². The molecule has 0 amide bonds. The maximum absolute atomic E-state index is 10.9. The van der Waals surface area contributed by atoms with Crippen molar-refractivity contribution in [3.05, 3.63) is 50.6 Å². The molecule has 2 aromatic heterocycles. The van der Waals surface area contributed by atoms with Gasteiger partial charge in [-0.1, -0.05) is 11.2 Å². The summed E-state index contributed by atoms with van der Waals surface area (Å²) >= 11 is 0. The normalized spacial score (nSPS) is 10.0. The number of imidazole rings is 1. The highest BCUT2D eigenvalue weighted by Crippen LogP contribution is 2.20. The largest absolute Gasteiger partial charge is 0.358 e. The van der Waals surface area contributed by atoms with Crippen molar-refractivity contribution in [1.82, 2.24) is 9.38 Å². The first-order valence-corrected chi connectivity index (χ1v) is 4.35. The van der Waals surface area contributed by atoms with Gasteiger partial charge in [-0.25, -0.2) is 4.98 Å². The standard InChI is InChI=1S/C8H6N6O2/c9-12-10-5-6-8(14(15)16)13-4-2-1-3-7(13)11-6/h1-4H,5H2. The van der Waals surface area contributed by atoms with Crippen molar-refractivity contribution >= 4 is 11.5 Å². The second-order valence-corrected chi connectivity index (χ2v) is 2.96. The van der Waals surface area contributed by atoms with Crippen LogP contribution in [-0.4, -0.2) is 14.3 Å². The van der Waals surface area contributed by atoms with E-state index in [2.05, 4.69) is 15.0 Å². The van der Waals surface area contributed by atoms with Crippen LogP contribution in [0.2, 0.25) is 0 Å². The van der Waals surface area contributed by atoms with Crippen molar-refractivity contribution in [2.24, 2.45) is 5.11 Å². The average molecular weight is 218 g/mol. The fraction of sp³-hybridized carbons (Fsp3) is 0.125. The zero-order chi connectivity index (χ0) is 11.5. The fourth-order valence-corrected chi connectivity index (χ4v) is 1.43. The van der Waals surface area contributed by atoms with Gasteiger partial charge in [0.1, 0.15) is 5.69 Å². The number of aromatic nitrogens is 2. The van der Waals surface area contributed by atoms with Crippen LogP contribution in [0.4, 0.5) is 5.82 Å². The van der Waals surface area contributed by atoms with Gasteiger partial charge < -0.3 is 10.1 Å². The summed E-state index contributed by atoms with van der Waals surface area (Å²) in [5.74, 6) is -0.164. The molecule has 0 bridgehead atoms. The third-order valence-corrected chi connectivity index (χ3v) is 2.03. The van der Waals surface area contributed by atoms with E-state index in [0.717, 1.165) is 0 Å². The topological polar surface area (TPSA) is 109 Å². The van der Waals surface area contributed by atoms with Crippen LogP contribution < -0.4 is 0 Å². The van der Waals surface area contributed by atoms with E-state index >= 15 is 0 Å². The van der Waals surface area contributed by atoms with Crippen LogP contribution in [0.25, 0.3) is 16.1 Å². The van der Waals surface area contributed by atoms with E-state index in [-0.39, 0.29) is 18.1 Å². The van der Waals surface area contributed by atoms with Crippen LogP contribution in [0, 0.1) is 10.1 Å². The van der Waals surface area contributed by atoms with Gasteiger partial charge in [-0.3, -0.25) is 0 Å². The Kier molecular flexibility index (Phi) is 2.40. The van der Waals surface area contributed by atoms with E-state index in [0.29, 0.717) is 5.65 Å². The quantitative estimate of drug-likeness (QED) is 0.258. The Morgan fingerprint density at radius 2 is 2.44 bits per heavy atom. The number of fused-ring (bicyclic) bond motifs is 1. The third-order valence-electron chi connectivity index (χ3n) is 2.03. The molecule has 0 aliphatic heterocycles. The second kappa shape index (κ2) is 3.87. The van der Waals surface area contributed by atoms with Crippen molar-refractivity contribution in [1.29, 1.82) is 0 Å². The van der Waals surface area contributed by atoms with Crippen molar-refractivity contribution in [2.75, 3.05) is 0 Å². The summed E-state index contributed by atoms with van der Waals surface area (Å²) in [5.41, 5.74) is 8.80. The van der Waals surface area contributed by atoms with Crippen molar-refractivity contribution in [2.45, 2.75) is 6.54 Å². The summed E-state index contributed by atoms with van der Waals surface area (Å²) in [6.45, 7) is -0.130. The third kappa shape index (κ3) is 1.53. The van der Waals surface area contributed by atoms with Crippen LogP contribution >= 0.6 is 0 Å². The number of rotatable bonds is 3. The first-order valence-electron chi connectivity index (χ1n) is 4.35. The molecule has 0 saturated carbocycles. The second-order valence-electron chi connectivity index (χ2n) is 2.96. The zero-order valence-electron chi connectivity index (χ0n) is 8.02. The van der Waals surface area contributed by atoms with Crippen molar-refractivity contribution in [3.63, 3.8) is 0 Å². The summed E-state index contributed by atoms with van der Waals surface area (Å²) in [4.78, 5) is 16.9. The molecule has 0 aliphatic rings. The molecule has 2 aromatic rings. The van der Waals surface area contributed by atoms with Crippen molar-refractivity contribution in [3.8, 4) is 0 Å². The molecule has 0 N–H and O–H groups in total. The Balaban J connectivity index is 2.67. The molecule has 80 valence electrons. The van der Waals surface area contributed by atoms with E-state index < -0.39 is 4.92 Å². The van der Waals surface area contributed by atoms with Crippen LogP contribution in [0.15, 0.2) is 29.5 Å². The van der Waals surface area contributed by atoms with Crippen LogP contribution in [-0.2, 0) is 6.54 Å². The minimum atomic E-state index is -0.539. The number of nitro groups is 1. The lowest BCUT2D eigenvalue weighted by atomic mass is 10.4. The summed E-state index contributed by atoms with van der Waals surface area (Å²) in [6, 6.07) is 5.04. The van der Waals surface area contributed by atoms with E-state index in [1.807, 2.05) is 0 Å². The SMILES string of the molecule is [N-]=[N+]=NCc1nc2ccccn2c1[N+](=O)[O-]. The van der Waals surface area contributed by atoms with E-state index in [1.165, 1.54) is 4.40 Å². The van der Waals surface area contributed by atoms with Gasteiger partial charge in [-0.05, 0) is 16.5 Å². The summed E-state index contributed by atoms with van der Waals surface area (Å²) in [5, 5.41) is 14.2. The first-order chi connectivity index (χ1) is 7.74. The lowest BCUT2D eigenvalue weighted by molar-refractivity contribution is -0.391. The number of hydrogen-bond donors (Lipinski definition) is 0. The smallest absolute Gasteiger partial charge is 0.351 e. The molecule has 0 unspecified atom stereocenters. The van der Waals surface area contributed by atoms with E-state index in [1.54, 1.807) is 24.4 Å². The number of azide groups is 1. The molecular weight excluding hydrogens is 212 g/mol. The highest BCUT2D eigenvalue weighted by molar-refractivity contribution is 5.48. The fourth-order valence-electron chi connectivity index (χ4n) is 1.43. The molecule has 8 nitrogen and oxygen atoms in total. The minimum absolute atomic E-state index is 0.130. The predicted molar refractivity (Wildman–Crippen MR) is 54.7 cm³/mol. The van der Waals surface area contributed by atoms with Gasteiger partial charge in [0.05, 0.1) is 12.7 Å². The van der Waals surface area contributed by atoms with Crippen LogP contribution in [0.3, 0.4) is 0 Å². The molecular formula is C8H6N6O2. The van der Waals surface area contributed by atoms with E-state index in [9.17, 15) is 10.1 Å². The van der Waals surface area contributed by atoms with Gasteiger partial charge in [-0.15, -0.1) is 0 Å². The molecule has 0 fully saturated rings. The maximum Gasteiger partial charge on any atom is 0.351 e. The van der Waals surface area contributed by atoms with Crippen LogP contribution in [0.1, 0.15) is 5.69 Å². The Morgan fingerprint density at radius 1 is 1.62 bits per heavy atom. The van der Waals surface area contributed by atoms with Gasteiger partial charge in [0.15, 0.2) is 0 Å². The number of pyridine rings is 1. The Morgan fingerprint density at radius 3 is 3.12 bits per heavy atom. The highest BCUT2D eigenvalue weighted by Gasteiger charge is 2.20. The lowest BCUT2D eigenvalue weighted by Gasteiger charge is -1.94. The summed E-state index contributed by atoms with van der Waals surface area (Å²) in [6.07, 6.45) is 1.54.